The summed E-state index contributed by atoms with van der Waals surface area (Å²) in [6.45, 7) is 1.70. The maximum absolute atomic E-state index is 12.4. The van der Waals surface area contributed by atoms with Gasteiger partial charge in [-0.3, -0.25) is 9.59 Å². The van der Waals surface area contributed by atoms with Gasteiger partial charge in [0.1, 0.15) is 11.8 Å². The third-order valence-electron chi connectivity index (χ3n) is 4.99. The third kappa shape index (κ3) is 5.22. The predicted octanol–water partition coefficient (Wildman–Crippen LogP) is 2.89. The molecule has 0 radical (unpaired) electrons. The second-order valence-corrected chi connectivity index (χ2v) is 7.05. The van der Waals surface area contributed by atoms with E-state index in [0.29, 0.717) is 0 Å². The largest absolute Gasteiger partial charge is 0.497 e. The zero-order valence-electron chi connectivity index (χ0n) is 16.3. The number of hydrogen-bond acceptors (Lipinski definition) is 3. The Morgan fingerprint density at radius 2 is 1.82 bits per heavy atom. The van der Waals surface area contributed by atoms with Crippen molar-refractivity contribution in [1.29, 1.82) is 0 Å². The molecule has 3 rings (SSSR count). The summed E-state index contributed by atoms with van der Waals surface area (Å²) >= 11 is 0. The molecule has 0 aliphatic heterocycles. The molecule has 2 unspecified atom stereocenters. The van der Waals surface area contributed by atoms with Gasteiger partial charge in [0, 0.05) is 12.1 Å². The molecule has 0 saturated carbocycles. The Morgan fingerprint density at radius 3 is 2.54 bits per heavy atom. The van der Waals surface area contributed by atoms with E-state index in [0.717, 1.165) is 30.6 Å². The summed E-state index contributed by atoms with van der Waals surface area (Å²) in [7, 11) is 1.61. The average Bonchev–Trinajstić information content (AvgIpc) is 2.72. The first kappa shape index (κ1) is 19.7. The van der Waals surface area contributed by atoms with Crippen LogP contribution in [0.25, 0.3) is 6.08 Å². The first-order valence-electron chi connectivity index (χ1n) is 9.55. The van der Waals surface area contributed by atoms with Gasteiger partial charge in [-0.2, -0.15) is 0 Å². The molecule has 2 atom stereocenters. The number of carbonyl (C=O) groups is 2. The maximum atomic E-state index is 12.4. The fourth-order valence-electron chi connectivity index (χ4n) is 3.36. The number of fused-ring (bicyclic) bond motifs is 1. The van der Waals surface area contributed by atoms with Crippen molar-refractivity contribution in [1.82, 2.24) is 10.6 Å². The van der Waals surface area contributed by atoms with E-state index in [1.54, 1.807) is 20.1 Å². The van der Waals surface area contributed by atoms with Crippen molar-refractivity contribution < 1.29 is 14.3 Å². The predicted molar refractivity (Wildman–Crippen MR) is 110 cm³/mol. The molecule has 5 nitrogen and oxygen atoms in total. The molecule has 5 heteroatoms. The van der Waals surface area contributed by atoms with Gasteiger partial charge in [0.2, 0.25) is 11.8 Å². The van der Waals surface area contributed by atoms with Crippen molar-refractivity contribution in [2.75, 3.05) is 7.11 Å². The van der Waals surface area contributed by atoms with Gasteiger partial charge in [0.25, 0.3) is 0 Å². The quantitative estimate of drug-likeness (QED) is 0.760. The first-order chi connectivity index (χ1) is 13.5. The van der Waals surface area contributed by atoms with Crippen LogP contribution in [0.1, 0.15) is 30.0 Å². The standard InChI is InChI=1S/C23H26N2O3/c1-16(24-22(26)14-9-17-7-12-21(28-2)13-8-17)23(27)25-20-11-10-18-5-3-4-6-19(18)15-20/h3-9,12-14,16,20H,10-11,15H2,1-2H3,(H,24,26)(H,25,27)/b14-9+. The highest BCUT2D eigenvalue weighted by molar-refractivity contribution is 5.95. The van der Waals surface area contributed by atoms with Gasteiger partial charge in [-0.1, -0.05) is 36.4 Å². The number of methoxy groups -OCH3 is 1. The monoisotopic (exact) mass is 378 g/mol. The van der Waals surface area contributed by atoms with Crippen molar-refractivity contribution in [3.63, 3.8) is 0 Å². The highest BCUT2D eigenvalue weighted by Crippen LogP contribution is 2.21. The van der Waals surface area contributed by atoms with E-state index in [4.69, 9.17) is 4.74 Å². The van der Waals surface area contributed by atoms with Gasteiger partial charge >= 0.3 is 0 Å². The van der Waals surface area contributed by atoms with Crippen LogP contribution in [-0.2, 0) is 22.4 Å². The van der Waals surface area contributed by atoms with Crippen LogP contribution in [0.3, 0.4) is 0 Å². The van der Waals surface area contributed by atoms with Crippen molar-refractivity contribution in [2.24, 2.45) is 0 Å². The van der Waals surface area contributed by atoms with Gasteiger partial charge in [0.05, 0.1) is 7.11 Å². The summed E-state index contributed by atoms with van der Waals surface area (Å²) in [6, 6.07) is 15.2. The second kappa shape index (κ2) is 9.22. The van der Waals surface area contributed by atoms with Gasteiger partial charge in [-0.05, 0) is 61.1 Å². The number of benzene rings is 2. The topological polar surface area (TPSA) is 67.4 Å². The lowest BCUT2D eigenvalue weighted by molar-refractivity contribution is -0.127. The Hall–Kier alpha value is -3.08. The molecule has 0 fully saturated rings. The molecule has 2 N–H and O–H groups in total. The lowest BCUT2D eigenvalue weighted by Crippen LogP contribution is -2.49. The Kier molecular flexibility index (Phi) is 6.48. The molecule has 0 saturated heterocycles. The maximum Gasteiger partial charge on any atom is 0.244 e. The highest BCUT2D eigenvalue weighted by atomic mass is 16.5. The van der Waals surface area contributed by atoms with Gasteiger partial charge in [0.15, 0.2) is 0 Å². The van der Waals surface area contributed by atoms with Gasteiger partial charge in [-0.15, -0.1) is 0 Å². The minimum atomic E-state index is -0.592. The fraction of sp³-hybridized carbons (Fsp3) is 0.304. The van der Waals surface area contributed by atoms with E-state index in [2.05, 4.69) is 28.8 Å². The van der Waals surface area contributed by atoms with Crippen molar-refractivity contribution in [3.05, 3.63) is 71.3 Å². The van der Waals surface area contributed by atoms with E-state index >= 15 is 0 Å². The summed E-state index contributed by atoms with van der Waals surface area (Å²) in [4.78, 5) is 24.5. The Labute approximate surface area is 165 Å². The minimum absolute atomic E-state index is 0.108. The molecule has 0 aromatic heterocycles. The van der Waals surface area contributed by atoms with Crippen LogP contribution in [0, 0.1) is 0 Å². The number of amides is 2. The Balaban J connectivity index is 1.48. The van der Waals surface area contributed by atoms with Crippen LogP contribution < -0.4 is 15.4 Å². The molecule has 28 heavy (non-hydrogen) atoms. The number of carbonyl (C=O) groups excluding carboxylic acids is 2. The molecular weight excluding hydrogens is 352 g/mol. The summed E-state index contributed by atoms with van der Waals surface area (Å²) < 4.78 is 5.11. The lowest BCUT2D eigenvalue weighted by atomic mass is 9.88. The molecule has 2 amide bonds. The van der Waals surface area contributed by atoms with E-state index in [-0.39, 0.29) is 17.9 Å². The third-order valence-corrected chi connectivity index (χ3v) is 4.99. The number of rotatable bonds is 6. The highest BCUT2D eigenvalue weighted by Gasteiger charge is 2.22. The molecule has 0 heterocycles. The van der Waals surface area contributed by atoms with Crippen molar-refractivity contribution in [3.8, 4) is 5.75 Å². The van der Waals surface area contributed by atoms with Crippen LogP contribution in [0.2, 0.25) is 0 Å². The Bertz CT molecular complexity index is 858. The smallest absolute Gasteiger partial charge is 0.244 e. The van der Waals surface area contributed by atoms with Crippen LogP contribution in [0.5, 0.6) is 5.75 Å². The molecule has 0 spiro atoms. The number of nitrogens with one attached hydrogen (secondary N) is 2. The number of ether oxygens (including phenoxy) is 1. The van der Waals surface area contributed by atoms with Crippen molar-refractivity contribution >= 4 is 17.9 Å². The summed E-state index contributed by atoms with van der Waals surface area (Å²) in [5.41, 5.74) is 3.53. The summed E-state index contributed by atoms with van der Waals surface area (Å²) in [6.07, 6.45) is 5.85. The number of aryl methyl sites for hydroxylation is 1. The zero-order valence-corrected chi connectivity index (χ0v) is 16.3. The van der Waals surface area contributed by atoms with E-state index in [9.17, 15) is 9.59 Å². The van der Waals surface area contributed by atoms with Crippen LogP contribution in [-0.4, -0.2) is 31.0 Å². The summed E-state index contributed by atoms with van der Waals surface area (Å²) in [5.74, 6) is 0.306. The number of hydrogen-bond donors (Lipinski definition) is 2. The normalized spacial score (nSPS) is 16.9. The molecule has 2 aromatic carbocycles. The van der Waals surface area contributed by atoms with Crippen molar-refractivity contribution in [2.45, 2.75) is 38.3 Å². The lowest BCUT2D eigenvalue weighted by Gasteiger charge is -2.26. The van der Waals surface area contributed by atoms with Crippen LogP contribution in [0.15, 0.2) is 54.6 Å². The summed E-state index contributed by atoms with van der Waals surface area (Å²) in [5, 5.41) is 5.78. The van der Waals surface area contributed by atoms with Crippen LogP contribution in [0.4, 0.5) is 0 Å². The minimum Gasteiger partial charge on any atom is -0.497 e. The fourth-order valence-corrected chi connectivity index (χ4v) is 3.36. The molecule has 1 aliphatic carbocycles. The molecule has 0 bridgehead atoms. The Morgan fingerprint density at radius 1 is 1.11 bits per heavy atom. The zero-order chi connectivity index (χ0) is 19.9. The average molecular weight is 378 g/mol. The van der Waals surface area contributed by atoms with E-state index in [1.807, 2.05) is 30.3 Å². The molecular formula is C23H26N2O3. The van der Waals surface area contributed by atoms with Gasteiger partial charge in [-0.25, -0.2) is 0 Å². The van der Waals surface area contributed by atoms with E-state index in [1.165, 1.54) is 17.2 Å². The SMILES string of the molecule is COc1ccc(/C=C/C(=O)NC(C)C(=O)NC2CCc3ccccc3C2)cc1. The van der Waals surface area contributed by atoms with E-state index < -0.39 is 6.04 Å². The molecule has 2 aromatic rings. The molecule has 1 aliphatic rings. The second-order valence-electron chi connectivity index (χ2n) is 7.05. The van der Waals surface area contributed by atoms with Gasteiger partial charge < -0.3 is 15.4 Å². The molecule has 146 valence electrons. The van der Waals surface area contributed by atoms with Crippen LogP contribution >= 0.6 is 0 Å². The first-order valence-corrected chi connectivity index (χ1v) is 9.55.